The van der Waals surface area contributed by atoms with Gasteiger partial charge in [-0.15, -0.1) is 0 Å². The summed E-state index contributed by atoms with van der Waals surface area (Å²) in [7, 11) is 0. The minimum Gasteiger partial charge on any atom is -0.207 e. The Labute approximate surface area is 97.3 Å². The van der Waals surface area contributed by atoms with Gasteiger partial charge in [0, 0.05) is 20.5 Å². The average molecular weight is 359 g/mol. The Morgan fingerprint density at radius 1 is 1.46 bits per heavy atom. The van der Waals surface area contributed by atoms with Gasteiger partial charge in [0.2, 0.25) is 0 Å². The standard InChI is InChI=1S/C9H6BrF2I/c10-4-3-9(13)7-2-1-6(11)5-8(7)12/h1-3,5H,4H2/b9-3-. The zero-order valence-corrected chi connectivity index (χ0v) is 10.3. The molecule has 0 aliphatic heterocycles. The Hall–Kier alpha value is 0.0300. The summed E-state index contributed by atoms with van der Waals surface area (Å²) in [6.45, 7) is 0. The first-order valence-electron chi connectivity index (χ1n) is 3.52. The van der Waals surface area contributed by atoms with E-state index in [1.165, 1.54) is 12.1 Å². The van der Waals surface area contributed by atoms with Crippen molar-refractivity contribution in [2.45, 2.75) is 0 Å². The first kappa shape index (κ1) is 11.1. The van der Waals surface area contributed by atoms with Crippen LogP contribution < -0.4 is 0 Å². The molecule has 0 saturated heterocycles. The molecule has 0 spiro atoms. The summed E-state index contributed by atoms with van der Waals surface area (Å²) in [6.07, 6.45) is 1.82. The van der Waals surface area contributed by atoms with Gasteiger partial charge in [0.25, 0.3) is 0 Å². The Kier molecular flexibility index (Phi) is 4.31. The van der Waals surface area contributed by atoms with Gasteiger partial charge in [-0.1, -0.05) is 22.0 Å². The topological polar surface area (TPSA) is 0 Å². The van der Waals surface area contributed by atoms with Gasteiger partial charge in [0.15, 0.2) is 0 Å². The van der Waals surface area contributed by atoms with Crippen molar-refractivity contribution in [2.24, 2.45) is 0 Å². The second-order valence-electron chi connectivity index (χ2n) is 2.33. The molecule has 13 heavy (non-hydrogen) atoms. The first-order valence-corrected chi connectivity index (χ1v) is 5.72. The van der Waals surface area contributed by atoms with Gasteiger partial charge < -0.3 is 0 Å². The minimum absolute atomic E-state index is 0.432. The third-order valence-electron chi connectivity index (χ3n) is 1.44. The van der Waals surface area contributed by atoms with E-state index >= 15 is 0 Å². The molecule has 0 amide bonds. The molecular formula is C9H6BrF2I. The molecule has 70 valence electrons. The van der Waals surface area contributed by atoms with Gasteiger partial charge in [-0.25, -0.2) is 8.78 Å². The van der Waals surface area contributed by atoms with E-state index in [0.717, 1.165) is 9.65 Å². The summed E-state index contributed by atoms with van der Waals surface area (Å²) >= 11 is 5.22. The molecule has 0 aliphatic rings. The van der Waals surface area contributed by atoms with Crippen LogP contribution in [0.15, 0.2) is 24.3 Å². The van der Waals surface area contributed by atoms with Crippen molar-refractivity contribution in [1.82, 2.24) is 0 Å². The van der Waals surface area contributed by atoms with Crippen molar-refractivity contribution in [3.05, 3.63) is 41.5 Å². The Morgan fingerprint density at radius 2 is 2.15 bits per heavy atom. The van der Waals surface area contributed by atoms with E-state index in [2.05, 4.69) is 15.9 Å². The fourth-order valence-electron chi connectivity index (χ4n) is 0.861. The second kappa shape index (κ2) is 5.05. The summed E-state index contributed by atoms with van der Waals surface area (Å²) in [5.41, 5.74) is 0.432. The van der Waals surface area contributed by atoms with Crippen LogP contribution in [0.25, 0.3) is 3.58 Å². The van der Waals surface area contributed by atoms with E-state index < -0.39 is 11.6 Å². The van der Waals surface area contributed by atoms with Crippen LogP contribution in [0.5, 0.6) is 0 Å². The Balaban J connectivity index is 3.09. The smallest absolute Gasteiger partial charge is 0.134 e. The lowest BCUT2D eigenvalue weighted by Gasteiger charge is -2.00. The quantitative estimate of drug-likeness (QED) is 0.550. The first-order chi connectivity index (χ1) is 6.15. The van der Waals surface area contributed by atoms with Crippen LogP contribution in [-0.4, -0.2) is 5.33 Å². The fourth-order valence-corrected chi connectivity index (χ4v) is 2.45. The lowest BCUT2D eigenvalue weighted by molar-refractivity contribution is 0.581. The maximum Gasteiger partial charge on any atom is 0.134 e. The predicted octanol–water partition coefficient (Wildman–Crippen LogP) is 4.14. The van der Waals surface area contributed by atoms with Gasteiger partial charge in [-0.3, -0.25) is 0 Å². The summed E-state index contributed by atoms with van der Waals surface area (Å²) in [4.78, 5) is 0. The molecule has 0 saturated carbocycles. The highest BCUT2D eigenvalue weighted by Crippen LogP contribution is 2.25. The zero-order valence-electron chi connectivity index (χ0n) is 6.53. The van der Waals surface area contributed by atoms with Crippen LogP contribution in [0, 0.1) is 11.6 Å². The minimum atomic E-state index is -0.552. The number of allylic oxidation sites excluding steroid dienone is 1. The molecule has 0 N–H and O–H groups in total. The molecule has 0 aliphatic carbocycles. The third kappa shape index (κ3) is 3.02. The number of hydrogen-bond acceptors (Lipinski definition) is 0. The maximum atomic E-state index is 13.1. The molecule has 0 nitrogen and oxygen atoms in total. The molecule has 1 aromatic carbocycles. The molecule has 4 heteroatoms. The number of alkyl halides is 1. The third-order valence-corrected chi connectivity index (χ3v) is 2.79. The van der Waals surface area contributed by atoms with Crippen LogP contribution in [0.3, 0.4) is 0 Å². The lowest BCUT2D eigenvalue weighted by atomic mass is 10.2. The van der Waals surface area contributed by atoms with Crippen molar-refractivity contribution >= 4 is 42.1 Å². The molecule has 0 atom stereocenters. The average Bonchev–Trinajstić information content (AvgIpc) is 2.04. The van der Waals surface area contributed by atoms with E-state index in [4.69, 9.17) is 0 Å². The van der Waals surface area contributed by atoms with Crippen LogP contribution in [0.4, 0.5) is 8.78 Å². The van der Waals surface area contributed by atoms with Crippen molar-refractivity contribution in [2.75, 3.05) is 5.33 Å². The van der Waals surface area contributed by atoms with Crippen LogP contribution in [0.2, 0.25) is 0 Å². The molecule has 0 fully saturated rings. The van der Waals surface area contributed by atoms with Gasteiger partial charge in [0.05, 0.1) is 0 Å². The van der Waals surface area contributed by atoms with Gasteiger partial charge in [0.1, 0.15) is 11.6 Å². The van der Waals surface area contributed by atoms with E-state index in [-0.39, 0.29) is 0 Å². The number of halogens is 4. The lowest BCUT2D eigenvalue weighted by Crippen LogP contribution is -1.86. The molecule has 1 aromatic rings. The largest absolute Gasteiger partial charge is 0.207 e. The summed E-state index contributed by atoms with van der Waals surface area (Å²) in [5, 5.41) is 0.655. The van der Waals surface area contributed by atoms with Gasteiger partial charge in [-0.05, 0) is 34.7 Å². The highest BCUT2D eigenvalue weighted by Gasteiger charge is 2.05. The van der Waals surface area contributed by atoms with Crippen LogP contribution in [0.1, 0.15) is 5.56 Å². The Bertz CT molecular complexity index is 336. The molecule has 0 radical (unpaired) electrons. The molecule has 0 heterocycles. The highest BCUT2D eigenvalue weighted by molar-refractivity contribution is 14.1. The SMILES string of the molecule is Fc1ccc(/C(I)=C/CBr)c(F)c1. The monoisotopic (exact) mass is 358 g/mol. The number of hydrogen-bond donors (Lipinski definition) is 0. The van der Waals surface area contributed by atoms with Crippen molar-refractivity contribution < 1.29 is 8.78 Å². The van der Waals surface area contributed by atoms with Crippen molar-refractivity contribution in [3.8, 4) is 0 Å². The van der Waals surface area contributed by atoms with E-state index in [1.54, 1.807) is 0 Å². The maximum absolute atomic E-state index is 13.1. The van der Waals surface area contributed by atoms with Gasteiger partial charge >= 0.3 is 0 Å². The molecule has 0 unspecified atom stereocenters. The normalized spacial score (nSPS) is 11.8. The molecule has 0 aromatic heterocycles. The van der Waals surface area contributed by atoms with E-state index in [9.17, 15) is 8.78 Å². The summed E-state index contributed by atoms with van der Waals surface area (Å²) in [6, 6.07) is 3.57. The number of rotatable bonds is 2. The van der Waals surface area contributed by atoms with Crippen LogP contribution >= 0.6 is 38.5 Å². The van der Waals surface area contributed by atoms with Gasteiger partial charge in [-0.2, -0.15) is 0 Å². The molecule has 0 bridgehead atoms. The van der Waals surface area contributed by atoms with Crippen LogP contribution in [-0.2, 0) is 0 Å². The second-order valence-corrected chi connectivity index (χ2v) is 4.14. The fraction of sp³-hybridized carbons (Fsp3) is 0.111. The highest BCUT2D eigenvalue weighted by atomic mass is 127. The van der Waals surface area contributed by atoms with Crippen molar-refractivity contribution in [3.63, 3.8) is 0 Å². The van der Waals surface area contributed by atoms with E-state index in [1.807, 2.05) is 28.7 Å². The Morgan fingerprint density at radius 3 is 2.69 bits per heavy atom. The van der Waals surface area contributed by atoms with Crippen molar-refractivity contribution in [1.29, 1.82) is 0 Å². The summed E-state index contributed by atoms with van der Waals surface area (Å²) in [5.74, 6) is -1.08. The van der Waals surface area contributed by atoms with E-state index in [0.29, 0.717) is 10.9 Å². The zero-order chi connectivity index (χ0) is 9.84. The predicted molar refractivity (Wildman–Crippen MR) is 62.1 cm³/mol. The molecule has 1 rings (SSSR count). The summed E-state index contributed by atoms with van der Waals surface area (Å²) < 4.78 is 26.4. The molecular weight excluding hydrogens is 353 g/mol. The number of benzene rings is 1.